The first-order valence-electron chi connectivity index (χ1n) is 5.93. The third-order valence-electron chi connectivity index (χ3n) is 2.97. The zero-order valence-electron chi connectivity index (χ0n) is 10.1. The van der Waals surface area contributed by atoms with Gasteiger partial charge in [0.15, 0.2) is 5.79 Å². The summed E-state index contributed by atoms with van der Waals surface area (Å²) in [5.41, 5.74) is 6.57. The molecule has 0 amide bonds. The van der Waals surface area contributed by atoms with Crippen LogP contribution in [-0.2, 0) is 15.3 Å². The van der Waals surface area contributed by atoms with Gasteiger partial charge in [0, 0.05) is 12.0 Å². The topological polar surface area (TPSA) is 53.7 Å². The van der Waals surface area contributed by atoms with Crippen molar-refractivity contribution < 1.29 is 14.2 Å². The molecule has 94 valence electrons. The van der Waals surface area contributed by atoms with Crippen molar-refractivity contribution in [1.82, 2.24) is 0 Å². The highest BCUT2D eigenvalue weighted by Crippen LogP contribution is 2.37. The Hall–Kier alpha value is -1.10. The van der Waals surface area contributed by atoms with E-state index in [1.165, 1.54) is 0 Å². The predicted molar refractivity (Wildman–Crippen MR) is 64.9 cm³/mol. The summed E-state index contributed by atoms with van der Waals surface area (Å²) < 4.78 is 16.8. The number of rotatable bonds is 5. The van der Waals surface area contributed by atoms with Gasteiger partial charge in [0.2, 0.25) is 0 Å². The van der Waals surface area contributed by atoms with Crippen LogP contribution >= 0.6 is 0 Å². The number of nitrogens with two attached hydrogens (primary N) is 1. The molecule has 0 spiro atoms. The largest absolute Gasteiger partial charge is 0.497 e. The summed E-state index contributed by atoms with van der Waals surface area (Å²) in [6.45, 7) is 1.89. The lowest BCUT2D eigenvalue weighted by Crippen LogP contribution is -2.28. The van der Waals surface area contributed by atoms with E-state index in [0.29, 0.717) is 19.8 Å². The standard InChI is InChI=1S/C13H19NO3/c1-15-12-5-2-4-11(10-12)13(6-3-7-14)16-8-9-17-13/h2,4-5,10H,3,6-9,14H2,1H3. The smallest absolute Gasteiger partial charge is 0.195 e. The van der Waals surface area contributed by atoms with Gasteiger partial charge in [-0.15, -0.1) is 0 Å². The monoisotopic (exact) mass is 237 g/mol. The molecule has 2 N–H and O–H groups in total. The molecule has 17 heavy (non-hydrogen) atoms. The molecular weight excluding hydrogens is 218 g/mol. The van der Waals surface area contributed by atoms with Crippen LogP contribution in [0.2, 0.25) is 0 Å². The normalized spacial score (nSPS) is 18.2. The fraction of sp³-hybridized carbons (Fsp3) is 0.538. The molecule has 1 aliphatic heterocycles. The van der Waals surface area contributed by atoms with Gasteiger partial charge in [-0.1, -0.05) is 12.1 Å². The summed E-state index contributed by atoms with van der Waals surface area (Å²) in [5, 5.41) is 0. The highest BCUT2D eigenvalue weighted by molar-refractivity contribution is 5.31. The summed E-state index contributed by atoms with van der Waals surface area (Å²) in [5.74, 6) is 0.183. The molecule has 1 aliphatic rings. The van der Waals surface area contributed by atoms with Crippen molar-refractivity contribution in [2.45, 2.75) is 18.6 Å². The van der Waals surface area contributed by atoms with Gasteiger partial charge in [0.1, 0.15) is 5.75 Å². The van der Waals surface area contributed by atoms with Crippen molar-refractivity contribution in [3.63, 3.8) is 0 Å². The number of methoxy groups -OCH3 is 1. The van der Waals surface area contributed by atoms with Crippen molar-refractivity contribution in [3.05, 3.63) is 29.8 Å². The lowest BCUT2D eigenvalue weighted by atomic mass is 10.0. The molecule has 4 heteroatoms. The van der Waals surface area contributed by atoms with Crippen LogP contribution in [0.15, 0.2) is 24.3 Å². The van der Waals surface area contributed by atoms with Gasteiger partial charge >= 0.3 is 0 Å². The Morgan fingerprint density at radius 3 is 2.76 bits per heavy atom. The van der Waals surface area contributed by atoms with Crippen LogP contribution in [0, 0.1) is 0 Å². The Morgan fingerprint density at radius 1 is 1.35 bits per heavy atom. The van der Waals surface area contributed by atoms with E-state index in [0.717, 1.165) is 24.2 Å². The third kappa shape index (κ3) is 2.60. The predicted octanol–water partition coefficient (Wildman–Crippen LogP) is 1.63. The molecule has 0 bridgehead atoms. The van der Waals surface area contributed by atoms with Gasteiger partial charge in [-0.05, 0) is 25.1 Å². The number of hydrogen-bond donors (Lipinski definition) is 1. The Kier molecular flexibility index (Phi) is 3.99. The lowest BCUT2D eigenvalue weighted by Gasteiger charge is -2.28. The average molecular weight is 237 g/mol. The first-order valence-corrected chi connectivity index (χ1v) is 5.93. The molecule has 4 nitrogen and oxygen atoms in total. The molecule has 1 saturated heterocycles. The highest BCUT2D eigenvalue weighted by atomic mass is 16.7. The van der Waals surface area contributed by atoms with Crippen LogP contribution in [0.5, 0.6) is 5.75 Å². The van der Waals surface area contributed by atoms with E-state index in [2.05, 4.69) is 0 Å². The Balaban J connectivity index is 2.25. The molecule has 1 fully saturated rings. The Morgan fingerprint density at radius 2 is 2.12 bits per heavy atom. The van der Waals surface area contributed by atoms with Crippen molar-refractivity contribution in [2.75, 3.05) is 26.9 Å². The van der Waals surface area contributed by atoms with Crippen LogP contribution in [0.4, 0.5) is 0 Å². The number of hydrogen-bond acceptors (Lipinski definition) is 4. The van der Waals surface area contributed by atoms with Crippen LogP contribution < -0.4 is 10.5 Å². The summed E-state index contributed by atoms with van der Waals surface area (Å²) in [6, 6.07) is 7.82. The fourth-order valence-corrected chi connectivity index (χ4v) is 2.10. The molecule has 0 atom stereocenters. The Bertz CT molecular complexity index is 361. The van der Waals surface area contributed by atoms with Gasteiger partial charge in [-0.25, -0.2) is 0 Å². The first kappa shape index (κ1) is 12.4. The van der Waals surface area contributed by atoms with Gasteiger partial charge in [-0.2, -0.15) is 0 Å². The zero-order chi connectivity index (χ0) is 12.1. The minimum absolute atomic E-state index is 0.627. The number of benzene rings is 1. The SMILES string of the molecule is COc1cccc(C2(CCCN)OCCO2)c1. The fourth-order valence-electron chi connectivity index (χ4n) is 2.10. The van der Waals surface area contributed by atoms with Gasteiger partial charge in [-0.3, -0.25) is 0 Å². The second kappa shape index (κ2) is 5.49. The molecule has 0 aromatic heterocycles. The summed E-state index contributed by atoms with van der Waals surface area (Å²) in [7, 11) is 1.65. The lowest BCUT2D eigenvalue weighted by molar-refractivity contribution is -0.171. The summed E-state index contributed by atoms with van der Waals surface area (Å²) in [4.78, 5) is 0. The van der Waals surface area contributed by atoms with Gasteiger partial charge < -0.3 is 19.9 Å². The number of ether oxygens (including phenoxy) is 3. The molecule has 0 radical (unpaired) electrons. The zero-order valence-corrected chi connectivity index (χ0v) is 10.1. The van der Waals surface area contributed by atoms with E-state index in [9.17, 15) is 0 Å². The van der Waals surface area contributed by atoms with Crippen molar-refractivity contribution in [3.8, 4) is 5.75 Å². The summed E-state index contributed by atoms with van der Waals surface area (Å²) in [6.07, 6.45) is 1.65. The van der Waals surface area contributed by atoms with Crippen LogP contribution in [-0.4, -0.2) is 26.9 Å². The summed E-state index contributed by atoms with van der Waals surface area (Å²) >= 11 is 0. The van der Waals surface area contributed by atoms with E-state index in [1.807, 2.05) is 24.3 Å². The molecule has 0 saturated carbocycles. The molecule has 1 heterocycles. The van der Waals surface area contributed by atoms with E-state index in [4.69, 9.17) is 19.9 Å². The van der Waals surface area contributed by atoms with Crippen LogP contribution in [0.1, 0.15) is 18.4 Å². The first-order chi connectivity index (χ1) is 8.30. The van der Waals surface area contributed by atoms with Gasteiger partial charge in [0.25, 0.3) is 0 Å². The molecule has 0 aliphatic carbocycles. The minimum Gasteiger partial charge on any atom is -0.497 e. The molecule has 2 rings (SSSR count). The Labute approximate surface area is 102 Å². The van der Waals surface area contributed by atoms with Crippen molar-refractivity contribution >= 4 is 0 Å². The minimum atomic E-state index is -0.631. The molecule has 1 aromatic carbocycles. The average Bonchev–Trinajstić information content (AvgIpc) is 2.86. The van der Waals surface area contributed by atoms with Gasteiger partial charge in [0.05, 0.1) is 20.3 Å². The molecule has 1 aromatic rings. The van der Waals surface area contributed by atoms with E-state index in [-0.39, 0.29) is 0 Å². The maximum atomic E-state index is 5.79. The van der Waals surface area contributed by atoms with E-state index >= 15 is 0 Å². The third-order valence-corrected chi connectivity index (χ3v) is 2.97. The second-order valence-corrected chi connectivity index (χ2v) is 4.07. The van der Waals surface area contributed by atoms with E-state index < -0.39 is 5.79 Å². The second-order valence-electron chi connectivity index (χ2n) is 4.07. The maximum Gasteiger partial charge on any atom is 0.195 e. The maximum absolute atomic E-state index is 5.79. The van der Waals surface area contributed by atoms with Crippen molar-refractivity contribution in [2.24, 2.45) is 5.73 Å². The highest BCUT2D eigenvalue weighted by Gasteiger charge is 2.38. The molecular formula is C13H19NO3. The quantitative estimate of drug-likeness (QED) is 0.845. The van der Waals surface area contributed by atoms with Crippen molar-refractivity contribution in [1.29, 1.82) is 0 Å². The molecule has 0 unspecified atom stereocenters. The van der Waals surface area contributed by atoms with E-state index in [1.54, 1.807) is 7.11 Å². The van der Waals surface area contributed by atoms with Crippen LogP contribution in [0.3, 0.4) is 0 Å². The van der Waals surface area contributed by atoms with Crippen LogP contribution in [0.25, 0.3) is 0 Å².